The van der Waals surface area contributed by atoms with E-state index in [4.69, 9.17) is 5.73 Å². The van der Waals surface area contributed by atoms with Crippen molar-refractivity contribution in [1.29, 1.82) is 0 Å². The summed E-state index contributed by atoms with van der Waals surface area (Å²) < 4.78 is 0.996. The zero-order valence-electron chi connectivity index (χ0n) is 10.0. The van der Waals surface area contributed by atoms with Crippen LogP contribution >= 0.6 is 15.9 Å². The monoisotopic (exact) mass is 317 g/mol. The van der Waals surface area contributed by atoms with Gasteiger partial charge in [0, 0.05) is 15.7 Å². The molecule has 0 atom stereocenters. The Bertz CT molecular complexity index is 591. The summed E-state index contributed by atoms with van der Waals surface area (Å²) in [5, 5.41) is 3.90. The second kappa shape index (κ2) is 6.15. The molecule has 0 unspecified atom stereocenters. The van der Waals surface area contributed by atoms with Crippen molar-refractivity contribution in [2.24, 2.45) is 5.10 Å². The van der Waals surface area contributed by atoms with Crippen molar-refractivity contribution in [2.45, 2.75) is 0 Å². The lowest BCUT2D eigenvalue weighted by atomic mass is 10.2. The minimum atomic E-state index is -0.270. The number of anilines is 1. The summed E-state index contributed by atoms with van der Waals surface area (Å²) in [6.07, 6.45) is 1.58. The van der Waals surface area contributed by atoms with Gasteiger partial charge in [-0.3, -0.25) is 4.79 Å². The van der Waals surface area contributed by atoms with E-state index in [-0.39, 0.29) is 5.91 Å². The SMILES string of the molecule is Nc1ccc(C(=O)N/N=C/c2ccc(Br)cc2)cc1. The highest BCUT2D eigenvalue weighted by Gasteiger charge is 2.02. The van der Waals surface area contributed by atoms with Crippen molar-refractivity contribution in [3.8, 4) is 0 Å². The van der Waals surface area contributed by atoms with Crippen molar-refractivity contribution in [3.05, 3.63) is 64.1 Å². The van der Waals surface area contributed by atoms with Gasteiger partial charge in [0.1, 0.15) is 0 Å². The van der Waals surface area contributed by atoms with Gasteiger partial charge in [-0.05, 0) is 42.0 Å². The molecule has 2 aromatic rings. The average Bonchev–Trinajstić information content (AvgIpc) is 2.41. The van der Waals surface area contributed by atoms with E-state index >= 15 is 0 Å². The van der Waals surface area contributed by atoms with Crippen LogP contribution in [0.15, 0.2) is 58.1 Å². The summed E-state index contributed by atoms with van der Waals surface area (Å²) in [7, 11) is 0. The summed E-state index contributed by atoms with van der Waals surface area (Å²) in [6, 6.07) is 14.2. The second-order valence-electron chi connectivity index (χ2n) is 3.87. The van der Waals surface area contributed by atoms with Crippen LogP contribution in [-0.2, 0) is 0 Å². The Labute approximate surface area is 119 Å². The molecule has 0 fully saturated rings. The molecule has 0 aromatic heterocycles. The molecule has 96 valence electrons. The third kappa shape index (κ3) is 3.93. The summed E-state index contributed by atoms with van der Waals surface area (Å²) in [5.74, 6) is -0.270. The molecule has 0 aliphatic carbocycles. The predicted molar refractivity (Wildman–Crippen MR) is 80.1 cm³/mol. The van der Waals surface area contributed by atoms with Crippen LogP contribution in [0.1, 0.15) is 15.9 Å². The van der Waals surface area contributed by atoms with Crippen LogP contribution < -0.4 is 11.2 Å². The summed E-state index contributed by atoms with van der Waals surface area (Å²) in [6.45, 7) is 0. The number of carbonyl (C=O) groups is 1. The first-order valence-corrected chi connectivity index (χ1v) is 6.39. The number of carbonyl (C=O) groups excluding carboxylic acids is 1. The highest BCUT2D eigenvalue weighted by atomic mass is 79.9. The number of hydrogen-bond acceptors (Lipinski definition) is 3. The summed E-state index contributed by atoms with van der Waals surface area (Å²) >= 11 is 3.35. The Balaban J connectivity index is 1.96. The zero-order chi connectivity index (χ0) is 13.7. The second-order valence-corrected chi connectivity index (χ2v) is 4.79. The molecule has 0 bridgehead atoms. The third-order valence-corrected chi connectivity index (χ3v) is 2.95. The quantitative estimate of drug-likeness (QED) is 0.519. The van der Waals surface area contributed by atoms with Gasteiger partial charge in [-0.2, -0.15) is 5.10 Å². The Hall–Kier alpha value is -2.14. The predicted octanol–water partition coefficient (Wildman–Crippen LogP) is 2.80. The Morgan fingerprint density at radius 3 is 2.37 bits per heavy atom. The molecule has 3 N–H and O–H groups in total. The molecule has 0 saturated heterocycles. The molecule has 1 amide bonds. The highest BCUT2D eigenvalue weighted by molar-refractivity contribution is 9.10. The number of amides is 1. The number of nitrogens with one attached hydrogen (secondary N) is 1. The van der Waals surface area contributed by atoms with Gasteiger partial charge in [-0.1, -0.05) is 28.1 Å². The van der Waals surface area contributed by atoms with Crippen molar-refractivity contribution >= 4 is 33.7 Å². The number of halogens is 1. The van der Waals surface area contributed by atoms with Gasteiger partial charge in [0.05, 0.1) is 6.21 Å². The first kappa shape index (κ1) is 13.3. The van der Waals surface area contributed by atoms with E-state index in [1.165, 1.54) is 0 Å². The molecule has 5 heteroatoms. The van der Waals surface area contributed by atoms with Crippen LogP contribution in [0.25, 0.3) is 0 Å². The van der Waals surface area contributed by atoms with Gasteiger partial charge >= 0.3 is 0 Å². The highest BCUT2D eigenvalue weighted by Crippen LogP contribution is 2.09. The Morgan fingerprint density at radius 2 is 1.74 bits per heavy atom. The van der Waals surface area contributed by atoms with E-state index < -0.39 is 0 Å². The van der Waals surface area contributed by atoms with Crippen molar-refractivity contribution in [1.82, 2.24) is 5.43 Å². The number of benzene rings is 2. The maximum absolute atomic E-state index is 11.7. The number of nitrogens with zero attached hydrogens (tertiary/aromatic N) is 1. The number of hydrogen-bond donors (Lipinski definition) is 2. The van der Waals surface area contributed by atoms with Crippen LogP contribution in [-0.4, -0.2) is 12.1 Å². The lowest BCUT2D eigenvalue weighted by molar-refractivity contribution is 0.0955. The lowest BCUT2D eigenvalue weighted by Crippen LogP contribution is -2.17. The molecule has 0 heterocycles. The standard InChI is InChI=1S/C14H12BrN3O/c15-12-5-1-10(2-6-12)9-17-18-14(19)11-3-7-13(16)8-4-11/h1-9H,16H2,(H,18,19)/b17-9+. The largest absolute Gasteiger partial charge is 0.399 e. The Morgan fingerprint density at radius 1 is 1.11 bits per heavy atom. The topological polar surface area (TPSA) is 67.5 Å². The van der Waals surface area contributed by atoms with Gasteiger partial charge in [-0.15, -0.1) is 0 Å². The maximum Gasteiger partial charge on any atom is 0.271 e. The molecule has 0 aliphatic heterocycles. The van der Waals surface area contributed by atoms with Gasteiger partial charge in [-0.25, -0.2) is 5.43 Å². The molecule has 2 rings (SSSR count). The van der Waals surface area contributed by atoms with Crippen LogP contribution in [0.5, 0.6) is 0 Å². The number of rotatable bonds is 3. The molecule has 0 radical (unpaired) electrons. The fourth-order valence-corrected chi connectivity index (χ4v) is 1.68. The molecule has 0 spiro atoms. The maximum atomic E-state index is 11.7. The minimum absolute atomic E-state index is 0.270. The zero-order valence-corrected chi connectivity index (χ0v) is 11.6. The first-order chi connectivity index (χ1) is 9.15. The fourth-order valence-electron chi connectivity index (χ4n) is 1.41. The van der Waals surface area contributed by atoms with E-state index in [2.05, 4.69) is 26.5 Å². The van der Waals surface area contributed by atoms with E-state index in [0.717, 1.165) is 10.0 Å². The van der Waals surface area contributed by atoms with Crippen molar-refractivity contribution in [2.75, 3.05) is 5.73 Å². The van der Waals surface area contributed by atoms with Crippen LogP contribution in [0.3, 0.4) is 0 Å². The van der Waals surface area contributed by atoms with Gasteiger partial charge in [0.15, 0.2) is 0 Å². The van der Waals surface area contributed by atoms with Crippen LogP contribution in [0.4, 0.5) is 5.69 Å². The Kier molecular flexibility index (Phi) is 4.30. The smallest absolute Gasteiger partial charge is 0.271 e. The average molecular weight is 318 g/mol. The van der Waals surface area contributed by atoms with E-state index in [0.29, 0.717) is 11.3 Å². The van der Waals surface area contributed by atoms with E-state index in [9.17, 15) is 4.79 Å². The normalized spacial score (nSPS) is 10.6. The van der Waals surface area contributed by atoms with E-state index in [1.807, 2.05) is 24.3 Å². The molecule has 4 nitrogen and oxygen atoms in total. The minimum Gasteiger partial charge on any atom is -0.399 e. The van der Waals surface area contributed by atoms with Crippen LogP contribution in [0.2, 0.25) is 0 Å². The van der Waals surface area contributed by atoms with E-state index in [1.54, 1.807) is 30.5 Å². The number of nitrogen functional groups attached to an aromatic ring is 1. The first-order valence-electron chi connectivity index (χ1n) is 5.59. The molecule has 19 heavy (non-hydrogen) atoms. The molecular formula is C14H12BrN3O. The lowest BCUT2D eigenvalue weighted by Gasteiger charge is -2.00. The van der Waals surface area contributed by atoms with Crippen LogP contribution in [0, 0.1) is 0 Å². The third-order valence-electron chi connectivity index (χ3n) is 2.42. The van der Waals surface area contributed by atoms with Gasteiger partial charge in [0.2, 0.25) is 0 Å². The van der Waals surface area contributed by atoms with Gasteiger partial charge < -0.3 is 5.73 Å². The summed E-state index contributed by atoms with van der Waals surface area (Å²) in [5.41, 5.74) is 10.0. The molecule has 0 saturated carbocycles. The molecule has 0 aliphatic rings. The molecular weight excluding hydrogens is 306 g/mol. The van der Waals surface area contributed by atoms with Crippen molar-refractivity contribution < 1.29 is 4.79 Å². The van der Waals surface area contributed by atoms with Gasteiger partial charge in [0.25, 0.3) is 5.91 Å². The number of hydrazone groups is 1. The molecule has 2 aromatic carbocycles. The summed E-state index contributed by atoms with van der Waals surface area (Å²) in [4.78, 5) is 11.7. The fraction of sp³-hybridized carbons (Fsp3) is 0. The number of nitrogens with two attached hydrogens (primary N) is 1. The van der Waals surface area contributed by atoms with Crippen molar-refractivity contribution in [3.63, 3.8) is 0 Å².